The van der Waals surface area contributed by atoms with Crippen LogP contribution in [0.5, 0.6) is 0 Å². The summed E-state index contributed by atoms with van der Waals surface area (Å²) in [4.78, 5) is 15.6. The van der Waals surface area contributed by atoms with Gasteiger partial charge in [-0.1, -0.05) is 6.07 Å². The van der Waals surface area contributed by atoms with E-state index in [2.05, 4.69) is 20.4 Å². The SMILES string of the molecule is CSc1cccc(NC(=O)c2ccc(N3CCCCC3)nn2)c1. The van der Waals surface area contributed by atoms with Gasteiger partial charge in [0.2, 0.25) is 0 Å². The lowest BCUT2D eigenvalue weighted by molar-refractivity contribution is 0.102. The average molecular weight is 328 g/mol. The molecule has 2 aromatic rings. The Morgan fingerprint density at radius 2 is 1.96 bits per heavy atom. The molecule has 3 rings (SSSR count). The fourth-order valence-electron chi connectivity index (χ4n) is 2.63. The van der Waals surface area contributed by atoms with Crippen LogP contribution in [0.15, 0.2) is 41.3 Å². The van der Waals surface area contributed by atoms with Gasteiger partial charge in [0.25, 0.3) is 5.91 Å². The van der Waals surface area contributed by atoms with Crippen molar-refractivity contribution in [3.63, 3.8) is 0 Å². The summed E-state index contributed by atoms with van der Waals surface area (Å²) in [5.41, 5.74) is 1.10. The van der Waals surface area contributed by atoms with E-state index in [-0.39, 0.29) is 5.91 Å². The molecule has 0 aliphatic carbocycles. The average Bonchev–Trinajstić information content (AvgIpc) is 2.63. The molecule has 0 spiro atoms. The number of rotatable bonds is 4. The minimum Gasteiger partial charge on any atom is -0.355 e. The standard InChI is InChI=1S/C17H20N4OS/c1-23-14-7-5-6-13(12-14)18-17(22)15-8-9-16(20-19-15)21-10-3-2-4-11-21/h5-9,12H,2-4,10-11H2,1H3,(H,18,22). The highest BCUT2D eigenvalue weighted by Crippen LogP contribution is 2.20. The predicted molar refractivity (Wildman–Crippen MR) is 94.3 cm³/mol. The number of hydrogen-bond acceptors (Lipinski definition) is 5. The zero-order valence-electron chi connectivity index (χ0n) is 13.2. The van der Waals surface area contributed by atoms with Gasteiger partial charge in [-0.15, -0.1) is 22.0 Å². The van der Waals surface area contributed by atoms with Crippen molar-refractivity contribution < 1.29 is 4.79 Å². The summed E-state index contributed by atoms with van der Waals surface area (Å²) in [6.45, 7) is 2.03. The van der Waals surface area contributed by atoms with E-state index in [0.29, 0.717) is 5.69 Å². The zero-order chi connectivity index (χ0) is 16.1. The van der Waals surface area contributed by atoms with E-state index in [9.17, 15) is 4.79 Å². The van der Waals surface area contributed by atoms with Crippen LogP contribution in [0.2, 0.25) is 0 Å². The molecule has 1 aromatic carbocycles. The van der Waals surface area contributed by atoms with Crippen molar-refractivity contribution in [3.8, 4) is 0 Å². The molecule has 0 atom stereocenters. The number of aromatic nitrogens is 2. The quantitative estimate of drug-likeness (QED) is 0.871. The molecule has 1 aliphatic heterocycles. The van der Waals surface area contributed by atoms with Gasteiger partial charge in [0.05, 0.1) is 0 Å². The van der Waals surface area contributed by atoms with Crippen LogP contribution in [0.25, 0.3) is 0 Å². The van der Waals surface area contributed by atoms with E-state index in [4.69, 9.17) is 0 Å². The number of anilines is 2. The molecule has 1 amide bonds. The number of carbonyl (C=O) groups excluding carboxylic acids is 1. The van der Waals surface area contributed by atoms with Gasteiger partial charge >= 0.3 is 0 Å². The van der Waals surface area contributed by atoms with E-state index in [0.717, 1.165) is 29.5 Å². The van der Waals surface area contributed by atoms with Crippen molar-refractivity contribution in [1.29, 1.82) is 0 Å². The molecule has 1 saturated heterocycles. The Kier molecular flexibility index (Phi) is 5.12. The maximum absolute atomic E-state index is 12.3. The number of benzene rings is 1. The number of nitrogens with zero attached hydrogens (tertiary/aromatic N) is 3. The number of thioether (sulfide) groups is 1. The molecule has 1 aliphatic rings. The van der Waals surface area contributed by atoms with Crippen LogP contribution in [0.3, 0.4) is 0 Å². The summed E-state index contributed by atoms with van der Waals surface area (Å²) < 4.78 is 0. The van der Waals surface area contributed by atoms with Gasteiger partial charge in [-0.3, -0.25) is 4.79 Å². The van der Waals surface area contributed by atoms with Crippen molar-refractivity contribution in [3.05, 3.63) is 42.1 Å². The molecule has 120 valence electrons. The van der Waals surface area contributed by atoms with Gasteiger partial charge < -0.3 is 10.2 Å². The second kappa shape index (κ2) is 7.46. The zero-order valence-corrected chi connectivity index (χ0v) is 14.0. The topological polar surface area (TPSA) is 58.1 Å². The van der Waals surface area contributed by atoms with Gasteiger partial charge in [0, 0.05) is 23.7 Å². The Balaban J connectivity index is 1.67. The van der Waals surface area contributed by atoms with Crippen molar-refractivity contribution in [2.45, 2.75) is 24.2 Å². The molecule has 0 radical (unpaired) electrons. The van der Waals surface area contributed by atoms with Crippen LogP contribution < -0.4 is 10.2 Å². The van der Waals surface area contributed by atoms with Crippen molar-refractivity contribution >= 4 is 29.2 Å². The molecule has 1 N–H and O–H groups in total. The maximum atomic E-state index is 12.3. The van der Waals surface area contributed by atoms with Crippen LogP contribution in [0.4, 0.5) is 11.5 Å². The molecule has 0 unspecified atom stereocenters. The monoisotopic (exact) mass is 328 g/mol. The number of nitrogens with one attached hydrogen (secondary N) is 1. The third-order valence-electron chi connectivity index (χ3n) is 3.89. The Bertz CT molecular complexity index is 669. The molecular weight excluding hydrogens is 308 g/mol. The first-order chi connectivity index (χ1) is 11.3. The third kappa shape index (κ3) is 4.01. The number of amides is 1. The molecule has 23 heavy (non-hydrogen) atoms. The van der Waals surface area contributed by atoms with Gasteiger partial charge in [-0.2, -0.15) is 0 Å². The fraction of sp³-hybridized carbons (Fsp3) is 0.353. The first-order valence-electron chi connectivity index (χ1n) is 7.80. The fourth-order valence-corrected chi connectivity index (χ4v) is 3.09. The summed E-state index contributed by atoms with van der Waals surface area (Å²) in [6.07, 6.45) is 5.66. The highest BCUT2D eigenvalue weighted by Gasteiger charge is 2.14. The first-order valence-corrected chi connectivity index (χ1v) is 9.03. The van der Waals surface area contributed by atoms with Crippen LogP contribution in [-0.4, -0.2) is 35.4 Å². The molecule has 6 heteroatoms. The minimum atomic E-state index is -0.235. The molecule has 5 nitrogen and oxygen atoms in total. The highest BCUT2D eigenvalue weighted by atomic mass is 32.2. The summed E-state index contributed by atoms with van der Waals surface area (Å²) >= 11 is 1.64. The number of hydrogen-bond donors (Lipinski definition) is 1. The maximum Gasteiger partial charge on any atom is 0.276 e. The molecule has 2 heterocycles. The lowest BCUT2D eigenvalue weighted by atomic mass is 10.1. The summed E-state index contributed by atoms with van der Waals surface area (Å²) in [7, 11) is 0. The largest absolute Gasteiger partial charge is 0.355 e. The lowest BCUT2D eigenvalue weighted by Gasteiger charge is -2.27. The Hall–Kier alpha value is -2.08. The van der Waals surface area contributed by atoms with E-state index in [1.54, 1.807) is 17.8 Å². The smallest absolute Gasteiger partial charge is 0.276 e. The minimum absolute atomic E-state index is 0.235. The van der Waals surface area contributed by atoms with Gasteiger partial charge in [0.15, 0.2) is 11.5 Å². The van der Waals surface area contributed by atoms with Crippen molar-refractivity contribution in [2.24, 2.45) is 0 Å². The van der Waals surface area contributed by atoms with E-state index in [1.165, 1.54) is 19.3 Å². The van der Waals surface area contributed by atoms with Crippen molar-refractivity contribution in [2.75, 3.05) is 29.6 Å². The molecular formula is C17H20N4OS. The van der Waals surface area contributed by atoms with Crippen LogP contribution >= 0.6 is 11.8 Å². The van der Waals surface area contributed by atoms with E-state index < -0.39 is 0 Å². The number of piperidine rings is 1. The molecule has 1 fully saturated rings. The third-order valence-corrected chi connectivity index (χ3v) is 4.62. The van der Waals surface area contributed by atoms with Gasteiger partial charge in [0.1, 0.15) is 0 Å². The Morgan fingerprint density at radius 3 is 2.65 bits per heavy atom. The molecule has 0 saturated carbocycles. The Labute approximate surface area is 140 Å². The number of carbonyl (C=O) groups is 1. The Morgan fingerprint density at radius 1 is 1.13 bits per heavy atom. The summed E-state index contributed by atoms with van der Waals surface area (Å²) in [5, 5.41) is 11.2. The van der Waals surface area contributed by atoms with Crippen LogP contribution in [-0.2, 0) is 0 Å². The van der Waals surface area contributed by atoms with Crippen LogP contribution in [0.1, 0.15) is 29.8 Å². The highest BCUT2D eigenvalue weighted by molar-refractivity contribution is 7.98. The second-order valence-corrected chi connectivity index (χ2v) is 6.39. The normalized spacial score (nSPS) is 14.6. The van der Waals surface area contributed by atoms with E-state index >= 15 is 0 Å². The molecule has 0 bridgehead atoms. The van der Waals surface area contributed by atoms with Gasteiger partial charge in [-0.25, -0.2) is 0 Å². The van der Waals surface area contributed by atoms with Crippen molar-refractivity contribution in [1.82, 2.24) is 10.2 Å². The van der Waals surface area contributed by atoms with E-state index in [1.807, 2.05) is 36.6 Å². The second-order valence-electron chi connectivity index (χ2n) is 5.51. The lowest BCUT2D eigenvalue weighted by Crippen LogP contribution is -2.30. The predicted octanol–water partition coefficient (Wildman–Crippen LogP) is 3.44. The summed E-state index contributed by atoms with van der Waals surface area (Å²) in [6, 6.07) is 11.4. The summed E-state index contributed by atoms with van der Waals surface area (Å²) in [5.74, 6) is 0.617. The molecule has 1 aromatic heterocycles. The van der Waals surface area contributed by atoms with Gasteiger partial charge in [-0.05, 0) is 55.9 Å². The first kappa shape index (κ1) is 15.8. The van der Waals surface area contributed by atoms with Crippen LogP contribution in [0, 0.1) is 0 Å².